The van der Waals surface area contributed by atoms with Crippen molar-refractivity contribution in [3.63, 3.8) is 0 Å². The summed E-state index contributed by atoms with van der Waals surface area (Å²) < 4.78 is 0. The lowest BCUT2D eigenvalue weighted by atomic mass is 9.73. The molecule has 0 aromatic heterocycles. The molecule has 0 saturated carbocycles. The van der Waals surface area contributed by atoms with Crippen molar-refractivity contribution in [2.45, 2.75) is 64.7 Å². The Morgan fingerprint density at radius 3 is 1.45 bits per heavy atom. The van der Waals surface area contributed by atoms with E-state index in [1.807, 2.05) is 0 Å². The molecule has 258 valence electrons. The second-order valence-corrected chi connectivity index (χ2v) is 17.0. The van der Waals surface area contributed by atoms with Crippen LogP contribution in [0.2, 0.25) is 0 Å². The first kappa shape index (κ1) is 32.0. The van der Waals surface area contributed by atoms with Crippen LogP contribution in [0.25, 0.3) is 44.5 Å². The second kappa shape index (κ2) is 10.9. The van der Waals surface area contributed by atoms with Crippen molar-refractivity contribution in [3.8, 4) is 44.5 Å². The van der Waals surface area contributed by atoms with Gasteiger partial charge in [0.25, 0.3) is 0 Å². The number of aryl methyl sites for hydroxylation is 1. The van der Waals surface area contributed by atoms with Crippen LogP contribution in [0.5, 0.6) is 0 Å². The van der Waals surface area contributed by atoms with Gasteiger partial charge in [0, 0.05) is 27.6 Å². The molecule has 0 heterocycles. The van der Waals surface area contributed by atoms with E-state index in [-0.39, 0.29) is 16.2 Å². The average Bonchev–Trinajstić information content (AvgIpc) is 3.65. The summed E-state index contributed by atoms with van der Waals surface area (Å²) in [6.07, 6.45) is 0. The maximum atomic E-state index is 2.64. The van der Waals surface area contributed by atoms with Gasteiger partial charge in [-0.1, -0.05) is 163 Å². The fourth-order valence-corrected chi connectivity index (χ4v) is 10.4. The van der Waals surface area contributed by atoms with E-state index in [2.05, 4.69) is 199 Å². The number of hydrogen-bond acceptors (Lipinski definition) is 1. The zero-order chi connectivity index (χ0) is 36.4. The molecule has 53 heavy (non-hydrogen) atoms. The summed E-state index contributed by atoms with van der Waals surface area (Å²) in [4.78, 5) is 2.64. The molecule has 10 rings (SSSR count). The van der Waals surface area contributed by atoms with Gasteiger partial charge in [0.2, 0.25) is 0 Å². The Bertz CT molecular complexity index is 2570. The minimum atomic E-state index is -0.265. The van der Waals surface area contributed by atoms with E-state index in [0.717, 1.165) is 0 Å². The minimum Gasteiger partial charge on any atom is -0.310 e. The molecule has 0 unspecified atom stereocenters. The first-order valence-electron chi connectivity index (χ1n) is 19.1. The zero-order valence-corrected chi connectivity index (χ0v) is 31.8. The van der Waals surface area contributed by atoms with E-state index in [0.29, 0.717) is 0 Å². The van der Waals surface area contributed by atoms with Crippen molar-refractivity contribution in [2.75, 3.05) is 4.90 Å². The average molecular weight is 684 g/mol. The lowest BCUT2D eigenvalue weighted by Crippen LogP contribution is -2.26. The maximum absolute atomic E-state index is 2.64. The Kier molecular flexibility index (Phi) is 6.61. The van der Waals surface area contributed by atoms with Gasteiger partial charge < -0.3 is 4.90 Å². The molecule has 0 fully saturated rings. The fourth-order valence-electron chi connectivity index (χ4n) is 10.4. The summed E-state index contributed by atoms with van der Waals surface area (Å²) in [6, 6.07) is 54.9. The monoisotopic (exact) mass is 683 g/mol. The Morgan fingerprint density at radius 1 is 0.377 bits per heavy atom. The van der Waals surface area contributed by atoms with Crippen molar-refractivity contribution in [3.05, 3.63) is 185 Å². The topological polar surface area (TPSA) is 3.24 Å². The highest BCUT2D eigenvalue weighted by Gasteiger charge is 2.49. The number of benzene rings is 7. The van der Waals surface area contributed by atoms with E-state index in [4.69, 9.17) is 0 Å². The highest BCUT2D eigenvalue weighted by Crippen LogP contribution is 2.66. The molecular weight excluding hydrogens is 639 g/mol. The van der Waals surface area contributed by atoms with Crippen LogP contribution in [0.4, 0.5) is 17.1 Å². The number of nitrogens with zero attached hydrogens (tertiary/aromatic N) is 1. The third-order valence-electron chi connectivity index (χ3n) is 12.8. The predicted molar refractivity (Wildman–Crippen MR) is 224 cm³/mol. The number of hydrogen-bond donors (Lipinski definition) is 0. The number of anilines is 3. The van der Waals surface area contributed by atoms with Crippen LogP contribution in [-0.4, -0.2) is 0 Å². The van der Waals surface area contributed by atoms with Crippen molar-refractivity contribution in [1.82, 2.24) is 0 Å². The van der Waals surface area contributed by atoms with Gasteiger partial charge in [-0.15, -0.1) is 0 Å². The van der Waals surface area contributed by atoms with E-state index in [9.17, 15) is 0 Å². The molecule has 0 radical (unpaired) electrons. The third kappa shape index (κ3) is 4.25. The molecule has 0 N–H and O–H groups in total. The summed E-state index contributed by atoms with van der Waals surface area (Å²) >= 11 is 0. The first-order valence-corrected chi connectivity index (χ1v) is 19.1. The standard InChI is InChI=1S/C52H45N/c1-32-18-17-21-34(30-32)53(35-28-29-37-36-22-11-14-25-40(36)50(2,3)43(37)31-35)49-47-45(38-23-12-15-26-41(38)51(47,4)5)44(33-19-9-8-10-20-33)46-39-24-13-16-27-42(39)52(6,7)48(46)49/h8-31H,1-7H3. The first-order chi connectivity index (χ1) is 25.5. The molecule has 3 aliphatic carbocycles. The molecule has 0 spiro atoms. The van der Waals surface area contributed by atoms with Gasteiger partial charge in [0.1, 0.15) is 0 Å². The molecule has 0 aliphatic heterocycles. The maximum Gasteiger partial charge on any atom is 0.0556 e. The van der Waals surface area contributed by atoms with Crippen LogP contribution < -0.4 is 4.90 Å². The van der Waals surface area contributed by atoms with E-state index in [1.54, 1.807) is 0 Å². The molecular formula is C52H45N. The Hall–Kier alpha value is -5.66. The van der Waals surface area contributed by atoms with Crippen molar-refractivity contribution in [1.29, 1.82) is 0 Å². The van der Waals surface area contributed by atoms with Gasteiger partial charge in [-0.3, -0.25) is 0 Å². The Morgan fingerprint density at radius 2 is 0.868 bits per heavy atom. The Balaban J connectivity index is 1.40. The van der Waals surface area contributed by atoms with Gasteiger partial charge in [0.15, 0.2) is 0 Å². The van der Waals surface area contributed by atoms with Crippen LogP contribution >= 0.6 is 0 Å². The number of rotatable bonds is 4. The highest BCUT2D eigenvalue weighted by atomic mass is 15.2. The van der Waals surface area contributed by atoms with Crippen molar-refractivity contribution < 1.29 is 0 Å². The molecule has 7 aromatic carbocycles. The number of fused-ring (bicyclic) bond motifs is 9. The summed E-state index contributed by atoms with van der Waals surface area (Å²) in [5.41, 5.74) is 23.4. The molecule has 0 atom stereocenters. The largest absolute Gasteiger partial charge is 0.310 e. The van der Waals surface area contributed by atoms with Gasteiger partial charge in [-0.2, -0.15) is 0 Å². The lowest BCUT2D eigenvalue weighted by molar-refractivity contribution is 0.640. The normalized spacial score (nSPS) is 15.9. The van der Waals surface area contributed by atoms with Crippen LogP contribution in [0, 0.1) is 6.92 Å². The molecule has 0 bridgehead atoms. The quantitative estimate of drug-likeness (QED) is 0.178. The highest BCUT2D eigenvalue weighted by molar-refractivity contribution is 6.09. The predicted octanol–water partition coefficient (Wildman–Crippen LogP) is 14.1. The summed E-state index contributed by atoms with van der Waals surface area (Å²) in [6.45, 7) is 16.8. The van der Waals surface area contributed by atoms with Crippen molar-refractivity contribution >= 4 is 17.1 Å². The van der Waals surface area contributed by atoms with Gasteiger partial charge in [0.05, 0.1) is 5.69 Å². The van der Waals surface area contributed by atoms with Crippen LogP contribution in [0.15, 0.2) is 146 Å². The SMILES string of the molecule is Cc1cccc(N(c2ccc3c(c2)C(C)(C)c2ccccc2-3)c2c3c(c(-c4ccccc4)c4c2C(C)(C)c2ccccc2-4)-c2ccccc2C3(C)C)c1. The third-order valence-corrected chi connectivity index (χ3v) is 12.8. The van der Waals surface area contributed by atoms with Gasteiger partial charge in [-0.25, -0.2) is 0 Å². The molecule has 1 heteroatoms. The lowest BCUT2D eigenvalue weighted by Gasteiger charge is -2.38. The summed E-state index contributed by atoms with van der Waals surface area (Å²) in [5, 5.41) is 0. The van der Waals surface area contributed by atoms with E-state index < -0.39 is 0 Å². The molecule has 1 nitrogen and oxygen atoms in total. The molecule has 7 aromatic rings. The minimum absolute atomic E-state index is 0.119. The molecule has 3 aliphatic rings. The summed E-state index contributed by atoms with van der Waals surface area (Å²) in [5.74, 6) is 0. The van der Waals surface area contributed by atoms with E-state index >= 15 is 0 Å². The fraction of sp³-hybridized carbons (Fsp3) is 0.192. The van der Waals surface area contributed by atoms with Gasteiger partial charge >= 0.3 is 0 Å². The Labute approximate surface area is 314 Å². The zero-order valence-electron chi connectivity index (χ0n) is 31.8. The van der Waals surface area contributed by atoms with Gasteiger partial charge in [-0.05, 0) is 115 Å². The van der Waals surface area contributed by atoms with Crippen molar-refractivity contribution in [2.24, 2.45) is 0 Å². The molecule has 0 saturated heterocycles. The van der Waals surface area contributed by atoms with Crippen LogP contribution in [0.1, 0.15) is 80.5 Å². The smallest absolute Gasteiger partial charge is 0.0556 e. The van der Waals surface area contributed by atoms with E-state index in [1.165, 1.54) is 101 Å². The second-order valence-electron chi connectivity index (χ2n) is 17.0. The van der Waals surface area contributed by atoms with Crippen LogP contribution in [-0.2, 0) is 16.2 Å². The van der Waals surface area contributed by atoms with Crippen LogP contribution in [0.3, 0.4) is 0 Å². The summed E-state index contributed by atoms with van der Waals surface area (Å²) in [7, 11) is 0. The molecule has 0 amide bonds.